The third-order valence-corrected chi connectivity index (χ3v) is 1.97. The maximum Gasteiger partial charge on any atom is 0.338 e. The Kier molecular flexibility index (Phi) is 9.91. The molecule has 0 aromatic carbocycles. The average molecular weight is 287 g/mol. The number of esters is 1. The number of methoxy groups -OCH3 is 1. The van der Waals surface area contributed by atoms with Gasteiger partial charge in [-0.1, -0.05) is 55.6 Å². The van der Waals surface area contributed by atoms with Crippen molar-refractivity contribution in [2.75, 3.05) is 7.11 Å². The lowest BCUT2D eigenvalue weighted by Crippen LogP contribution is -2.06. The van der Waals surface area contributed by atoms with Crippen molar-refractivity contribution in [1.82, 2.24) is 0 Å². The van der Waals surface area contributed by atoms with Crippen LogP contribution in [-0.4, -0.2) is 13.1 Å². The van der Waals surface area contributed by atoms with Gasteiger partial charge in [-0.15, -0.1) is 0 Å². The highest BCUT2D eigenvalue weighted by atomic mass is 79.9. The van der Waals surface area contributed by atoms with Gasteiger partial charge in [-0.25, -0.2) is 4.79 Å². The van der Waals surface area contributed by atoms with Gasteiger partial charge in [0.15, 0.2) is 0 Å². The first-order valence-corrected chi connectivity index (χ1v) is 5.70. The molecule has 0 saturated heterocycles. The van der Waals surface area contributed by atoms with Gasteiger partial charge in [-0.3, -0.25) is 0 Å². The van der Waals surface area contributed by atoms with Gasteiger partial charge in [0.05, 0.1) is 12.7 Å². The number of allylic oxidation sites excluding steroid dienone is 3. The van der Waals surface area contributed by atoms with Crippen LogP contribution in [0.2, 0.25) is 0 Å². The van der Waals surface area contributed by atoms with Gasteiger partial charge >= 0.3 is 5.97 Å². The molecule has 0 fully saturated rings. The Morgan fingerprint density at radius 2 is 1.75 bits per heavy atom. The van der Waals surface area contributed by atoms with E-state index in [1.54, 1.807) is 6.92 Å². The predicted octanol–water partition coefficient (Wildman–Crippen LogP) is 4.15. The molecule has 0 spiro atoms. The van der Waals surface area contributed by atoms with Crippen molar-refractivity contribution in [3.63, 3.8) is 0 Å². The first-order valence-electron chi connectivity index (χ1n) is 4.91. The lowest BCUT2D eigenvalue weighted by Gasteiger charge is -2.09. The molecule has 0 aromatic rings. The topological polar surface area (TPSA) is 26.3 Å². The van der Waals surface area contributed by atoms with E-state index in [4.69, 9.17) is 0 Å². The fraction of sp³-hybridized carbons (Fsp3) is 0.308. The van der Waals surface area contributed by atoms with E-state index in [9.17, 15) is 4.79 Å². The van der Waals surface area contributed by atoms with E-state index in [1.807, 2.05) is 13.8 Å². The lowest BCUT2D eigenvalue weighted by molar-refractivity contribution is -0.135. The molecule has 0 amide bonds. The van der Waals surface area contributed by atoms with Gasteiger partial charge in [0.1, 0.15) is 0 Å². The molecule has 0 N–H and O–H groups in total. The molecule has 0 aliphatic heterocycles. The summed E-state index contributed by atoms with van der Waals surface area (Å²) in [5, 5.41) is 0. The van der Waals surface area contributed by atoms with E-state index in [-0.39, 0.29) is 0 Å². The van der Waals surface area contributed by atoms with Gasteiger partial charge < -0.3 is 4.74 Å². The van der Waals surface area contributed by atoms with Crippen molar-refractivity contribution >= 4 is 21.9 Å². The highest BCUT2D eigenvalue weighted by Crippen LogP contribution is 2.26. The fourth-order valence-corrected chi connectivity index (χ4v) is 1.56. The van der Waals surface area contributed by atoms with Gasteiger partial charge in [-0.2, -0.15) is 0 Å². The second kappa shape index (κ2) is 9.16. The number of rotatable bonds is 4. The van der Waals surface area contributed by atoms with Crippen LogP contribution in [0.1, 0.15) is 20.8 Å². The second-order valence-corrected chi connectivity index (χ2v) is 3.63. The van der Waals surface area contributed by atoms with E-state index >= 15 is 0 Å². The van der Waals surface area contributed by atoms with Crippen LogP contribution in [0, 0.1) is 0 Å². The van der Waals surface area contributed by atoms with E-state index < -0.39 is 5.97 Å². The summed E-state index contributed by atoms with van der Waals surface area (Å²) < 4.78 is 5.20. The molecule has 2 nitrogen and oxygen atoms in total. The monoisotopic (exact) mass is 286 g/mol. The van der Waals surface area contributed by atoms with Crippen LogP contribution in [0.15, 0.2) is 47.0 Å². The van der Waals surface area contributed by atoms with E-state index in [0.717, 1.165) is 5.57 Å². The number of hydrogen-bond donors (Lipinski definition) is 0. The van der Waals surface area contributed by atoms with Crippen molar-refractivity contribution < 1.29 is 9.53 Å². The summed E-state index contributed by atoms with van der Waals surface area (Å²) in [5.41, 5.74) is 1.72. The number of hydrogen-bond acceptors (Lipinski definition) is 2. The number of carbonyl (C=O) groups is 1. The maximum absolute atomic E-state index is 11.3. The molecular formula is C13H19BrO2. The molecule has 0 atom stereocenters. The highest BCUT2D eigenvalue weighted by molar-refractivity contribution is 9.11. The second-order valence-electron chi connectivity index (χ2n) is 2.67. The summed E-state index contributed by atoms with van der Waals surface area (Å²) in [4.78, 5) is 11.3. The smallest absolute Gasteiger partial charge is 0.338 e. The van der Waals surface area contributed by atoms with Crippen LogP contribution in [0.25, 0.3) is 0 Å². The number of carbonyl (C=O) groups excluding carboxylic acids is 1. The van der Waals surface area contributed by atoms with Gasteiger partial charge in [0, 0.05) is 10.1 Å². The van der Waals surface area contributed by atoms with Crippen molar-refractivity contribution in [3.05, 3.63) is 47.0 Å². The zero-order chi connectivity index (χ0) is 13.3. The predicted molar refractivity (Wildman–Crippen MR) is 73.5 cm³/mol. The van der Waals surface area contributed by atoms with Crippen LogP contribution in [0.3, 0.4) is 0 Å². The molecule has 0 bridgehead atoms. The van der Waals surface area contributed by atoms with Crippen molar-refractivity contribution in [2.24, 2.45) is 0 Å². The molecule has 3 heteroatoms. The normalized spacial score (nSPS) is 10.3. The lowest BCUT2D eigenvalue weighted by atomic mass is 10.0. The summed E-state index contributed by atoms with van der Waals surface area (Å²) in [6.45, 7) is 16.8. The molecule has 0 saturated carbocycles. The minimum atomic E-state index is -0.446. The first kappa shape index (κ1) is 17.3. The number of halogens is 1. The fourth-order valence-electron chi connectivity index (χ4n) is 1.00. The van der Waals surface area contributed by atoms with Crippen molar-refractivity contribution in [1.29, 1.82) is 0 Å². The summed E-state index contributed by atoms with van der Waals surface area (Å²) >= 11 is 3.21. The molecule has 0 heterocycles. The van der Waals surface area contributed by atoms with Crippen LogP contribution in [-0.2, 0) is 9.53 Å². The number of ether oxygens (including phenoxy) is 1. The quantitative estimate of drug-likeness (QED) is 0.441. The Labute approximate surface area is 107 Å². The van der Waals surface area contributed by atoms with Gasteiger partial charge in [0.25, 0.3) is 0 Å². The van der Waals surface area contributed by atoms with Gasteiger partial charge in [0.2, 0.25) is 0 Å². The molecular weight excluding hydrogens is 268 g/mol. The third-order valence-electron chi connectivity index (χ3n) is 1.58. The zero-order valence-electron chi connectivity index (χ0n) is 10.4. The minimum Gasteiger partial charge on any atom is -0.465 e. The minimum absolute atomic E-state index is 0.363. The maximum atomic E-state index is 11.3. The van der Waals surface area contributed by atoms with Crippen molar-refractivity contribution in [2.45, 2.75) is 20.8 Å². The summed E-state index contributed by atoms with van der Waals surface area (Å²) in [6, 6.07) is 0. The summed E-state index contributed by atoms with van der Waals surface area (Å²) in [5.74, 6) is -0.446. The molecule has 0 rings (SSSR count). The van der Waals surface area contributed by atoms with E-state index in [1.165, 1.54) is 13.2 Å². The largest absolute Gasteiger partial charge is 0.465 e. The highest BCUT2D eigenvalue weighted by Gasteiger charge is 2.14. The third kappa shape index (κ3) is 5.12. The van der Waals surface area contributed by atoms with Crippen LogP contribution >= 0.6 is 15.9 Å². The average Bonchev–Trinajstić information content (AvgIpc) is 2.26. The Bertz CT molecular complexity index is 309. The molecule has 16 heavy (non-hydrogen) atoms. The van der Waals surface area contributed by atoms with E-state index in [2.05, 4.69) is 40.4 Å². The standard InChI is InChI=1S/C11H13BrO2.C2H6/c1-6-9(11(13)14-5)10(7(2)3)8(4)12;1-2/h6H,1-2,4H2,3,5H3;1-2H3/b10-9+;. The Balaban J connectivity index is 0. The van der Waals surface area contributed by atoms with Gasteiger partial charge in [-0.05, 0) is 12.5 Å². The Morgan fingerprint density at radius 1 is 1.31 bits per heavy atom. The zero-order valence-corrected chi connectivity index (χ0v) is 12.0. The summed E-state index contributed by atoms with van der Waals surface area (Å²) in [6.07, 6.45) is 1.43. The molecule has 90 valence electrons. The molecule has 0 unspecified atom stereocenters. The van der Waals surface area contributed by atoms with Crippen molar-refractivity contribution in [3.8, 4) is 0 Å². The van der Waals surface area contributed by atoms with Crippen LogP contribution in [0.5, 0.6) is 0 Å². The van der Waals surface area contributed by atoms with Crippen LogP contribution < -0.4 is 0 Å². The Morgan fingerprint density at radius 3 is 1.94 bits per heavy atom. The Hall–Kier alpha value is -1.09. The van der Waals surface area contributed by atoms with Crippen LogP contribution in [0.4, 0.5) is 0 Å². The molecule has 0 aliphatic carbocycles. The SMILES string of the molecule is C=C/C(C(=O)OC)=C(/C(=C)C)C(=C)Br.CC. The first-order chi connectivity index (χ1) is 7.45. The molecule has 0 radical (unpaired) electrons. The molecule has 0 aromatic heterocycles. The summed E-state index contributed by atoms with van der Waals surface area (Å²) in [7, 11) is 1.32. The van der Waals surface area contributed by atoms with E-state index in [0.29, 0.717) is 15.6 Å². The molecule has 0 aliphatic rings.